The lowest BCUT2D eigenvalue weighted by Crippen LogP contribution is -2.37. The second kappa shape index (κ2) is 8.02. The number of aliphatic carboxylic acids is 1. The van der Waals surface area contributed by atoms with Crippen molar-refractivity contribution in [3.8, 4) is 0 Å². The number of hydrogen-bond donors (Lipinski definition) is 3. The number of fused-ring (bicyclic) bond motifs is 1. The fourth-order valence-corrected chi connectivity index (χ4v) is 2.22. The molecule has 2 rings (SSSR count). The topological polar surface area (TPSA) is 78.4 Å². The summed E-state index contributed by atoms with van der Waals surface area (Å²) in [7, 11) is 0. The highest BCUT2D eigenvalue weighted by molar-refractivity contribution is 5.83. The summed E-state index contributed by atoms with van der Waals surface area (Å²) < 4.78 is 0. The van der Waals surface area contributed by atoms with Crippen molar-refractivity contribution < 1.29 is 14.7 Å². The molecule has 0 bridgehead atoms. The minimum Gasteiger partial charge on any atom is -0.481 e. The van der Waals surface area contributed by atoms with Gasteiger partial charge in [-0.2, -0.15) is 0 Å². The molecule has 0 saturated carbocycles. The van der Waals surface area contributed by atoms with Crippen molar-refractivity contribution in [3.05, 3.63) is 48.0 Å². The van der Waals surface area contributed by atoms with Gasteiger partial charge in [0.1, 0.15) is 0 Å². The molecule has 2 aromatic carbocycles. The first-order chi connectivity index (χ1) is 10.6. The summed E-state index contributed by atoms with van der Waals surface area (Å²) in [5.74, 6) is -0.849. The van der Waals surface area contributed by atoms with Crippen molar-refractivity contribution in [3.63, 3.8) is 0 Å². The van der Waals surface area contributed by atoms with E-state index in [1.54, 1.807) is 0 Å². The molecule has 0 spiro atoms. The van der Waals surface area contributed by atoms with Crippen LogP contribution in [0.3, 0.4) is 0 Å². The second-order valence-corrected chi connectivity index (χ2v) is 5.11. The normalized spacial score (nSPS) is 10.4. The molecule has 0 radical (unpaired) electrons. The van der Waals surface area contributed by atoms with Crippen LogP contribution < -0.4 is 10.6 Å². The second-order valence-electron chi connectivity index (χ2n) is 5.11. The van der Waals surface area contributed by atoms with E-state index in [4.69, 9.17) is 5.11 Å². The van der Waals surface area contributed by atoms with Gasteiger partial charge in [-0.3, -0.25) is 4.79 Å². The quantitative estimate of drug-likeness (QED) is 0.688. The number of amides is 2. The Bertz CT molecular complexity index is 655. The molecular formula is C17H20N2O3. The molecule has 0 aliphatic heterocycles. The number of urea groups is 1. The van der Waals surface area contributed by atoms with E-state index in [-0.39, 0.29) is 12.5 Å². The Morgan fingerprint density at radius 3 is 2.45 bits per heavy atom. The summed E-state index contributed by atoms with van der Waals surface area (Å²) in [6.07, 6.45) is 1.26. The van der Waals surface area contributed by atoms with Crippen molar-refractivity contribution in [2.75, 3.05) is 13.1 Å². The van der Waals surface area contributed by atoms with Gasteiger partial charge >= 0.3 is 12.0 Å². The summed E-state index contributed by atoms with van der Waals surface area (Å²) in [4.78, 5) is 21.9. The van der Waals surface area contributed by atoms with Crippen LogP contribution in [-0.4, -0.2) is 30.2 Å². The highest BCUT2D eigenvalue weighted by Crippen LogP contribution is 2.15. The first kappa shape index (κ1) is 15.8. The number of carbonyl (C=O) groups is 2. The fraction of sp³-hybridized carbons (Fsp3) is 0.294. The van der Waals surface area contributed by atoms with Crippen molar-refractivity contribution in [2.45, 2.75) is 19.3 Å². The zero-order valence-corrected chi connectivity index (χ0v) is 12.3. The van der Waals surface area contributed by atoms with Crippen molar-refractivity contribution >= 4 is 22.8 Å². The molecule has 0 aliphatic rings. The molecule has 0 atom stereocenters. The van der Waals surface area contributed by atoms with Gasteiger partial charge in [0.25, 0.3) is 0 Å². The summed E-state index contributed by atoms with van der Waals surface area (Å²) in [5.41, 5.74) is 1.17. The third-order valence-corrected chi connectivity index (χ3v) is 3.37. The highest BCUT2D eigenvalue weighted by Gasteiger charge is 2.01. The maximum absolute atomic E-state index is 11.5. The number of rotatable bonds is 7. The Morgan fingerprint density at radius 1 is 0.955 bits per heavy atom. The molecular weight excluding hydrogens is 280 g/mol. The lowest BCUT2D eigenvalue weighted by atomic mass is 10.1. The van der Waals surface area contributed by atoms with E-state index in [2.05, 4.69) is 41.0 Å². The average Bonchev–Trinajstić information content (AvgIpc) is 2.51. The summed E-state index contributed by atoms with van der Waals surface area (Å²) in [6.45, 7) is 0.914. The Labute approximate surface area is 129 Å². The Balaban J connectivity index is 1.70. The summed E-state index contributed by atoms with van der Waals surface area (Å²) in [5, 5.41) is 16.3. The molecule has 0 unspecified atom stereocenters. The third kappa shape index (κ3) is 5.09. The van der Waals surface area contributed by atoms with Gasteiger partial charge in [-0.05, 0) is 29.2 Å². The van der Waals surface area contributed by atoms with Gasteiger partial charge in [0.15, 0.2) is 0 Å². The minimum atomic E-state index is -0.849. The molecule has 2 amide bonds. The standard InChI is InChI=1S/C17H20N2O3/c20-16(21)6-3-10-18-17(22)19-11-9-13-7-8-14-4-1-2-5-15(14)12-13/h1-2,4-5,7-8,12H,3,6,9-11H2,(H,20,21)(H2,18,19,22). The number of benzene rings is 2. The van der Waals surface area contributed by atoms with Gasteiger partial charge in [0, 0.05) is 19.5 Å². The maximum atomic E-state index is 11.5. The van der Waals surface area contributed by atoms with E-state index in [0.717, 1.165) is 6.42 Å². The van der Waals surface area contributed by atoms with E-state index in [1.807, 2.05) is 12.1 Å². The molecule has 5 nitrogen and oxygen atoms in total. The van der Waals surface area contributed by atoms with Crippen molar-refractivity contribution in [2.24, 2.45) is 0 Å². The molecule has 3 N–H and O–H groups in total. The van der Waals surface area contributed by atoms with E-state index in [1.165, 1.54) is 16.3 Å². The Hall–Kier alpha value is -2.56. The number of carboxylic acid groups (broad SMARTS) is 1. The van der Waals surface area contributed by atoms with Crippen molar-refractivity contribution in [1.29, 1.82) is 0 Å². The average molecular weight is 300 g/mol. The van der Waals surface area contributed by atoms with E-state index >= 15 is 0 Å². The van der Waals surface area contributed by atoms with E-state index in [9.17, 15) is 9.59 Å². The first-order valence-electron chi connectivity index (χ1n) is 7.36. The van der Waals surface area contributed by atoms with Crippen LogP contribution in [0.2, 0.25) is 0 Å². The van der Waals surface area contributed by atoms with Gasteiger partial charge in [0.2, 0.25) is 0 Å². The molecule has 0 heterocycles. The Morgan fingerprint density at radius 2 is 1.68 bits per heavy atom. The predicted molar refractivity (Wildman–Crippen MR) is 85.9 cm³/mol. The van der Waals surface area contributed by atoms with Crippen LogP contribution in [0.25, 0.3) is 10.8 Å². The molecule has 116 valence electrons. The SMILES string of the molecule is O=C(O)CCCNC(=O)NCCc1ccc2ccccc2c1. The molecule has 22 heavy (non-hydrogen) atoms. The number of nitrogens with one attached hydrogen (secondary N) is 2. The van der Waals surface area contributed by atoms with Gasteiger partial charge in [-0.15, -0.1) is 0 Å². The molecule has 0 aromatic heterocycles. The van der Waals surface area contributed by atoms with E-state index in [0.29, 0.717) is 19.5 Å². The zero-order chi connectivity index (χ0) is 15.8. The lowest BCUT2D eigenvalue weighted by molar-refractivity contribution is -0.137. The fourth-order valence-electron chi connectivity index (χ4n) is 2.22. The van der Waals surface area contributed by atoms with Gasteiger partial charge < -0.3 is 15.7 Å². The third-order valence-electron chi connectivity index (χ3n) is 3.37. The molecule has 0 aliphatic carbocycles. The number of carbonyl (C=O) groups excluding carboxylic acids is 1. The van der Waals surface area contributed by atoms with Crippen LogP contribution in [0.15, 0.2) is 42.5 Å². The lowest BCUT2D eigenvalue weighted by Gasteiger charge is -2.08. The smallest absolute Gasteiger partial charge is 0.314 e. The first-order valence-corrected chi connectivity index (χ1v) is 7.36. The van der Waals surface area contributed by atoms with Crippen LogP contribution >= 0.6 is 0 Å². The van der Waals surface area contributed by atoms with Crippen LogP contribution in [0, 0.1) is 0 Å². The predicted octanol–water partition coefficient (Wildman–Crippen LogP) is 2.55. The van der Waals surface area contributed by atoms with Crippen LogP contribution in [0.4, 0.5) is 4.79 Å². The highest BCUT2D eigenvalue weighted by atomic mass is 16.4. The van der Waals surface area contributed by atoms with Crippen LogP contribution in [-0.2, 0) is 11.2 Å². The summed E-state index contributed by atoms with van der Waals surface area (Å²) >= 11 is 0. The van der Waals surface area contributed by atoms with Gasteiger partial charge in [0.05, 0.1) is 0 Å². The molecule has 0 fully saturated rings. The van der Waals surface area contributed by atoms with Crippen LogP contribution in [0.1, 0.15) is 18.4 Å². The zero-order valence-electron chi connectivity index (χ0n) is 12.3. The molecule has 2 aromatic rings. The Kier molecular flexibility index (Phi) is 5.77. The molecule has 5 heteroatoms. The monoisotopic (exact) mass is 300 g/mol. The summed E-state index contributed by atoms with van der Waals surface area (Å²) in [6, 6.07) is 14.2. The van der Waals surface area contributed by atoms with Crippen LogP contribution in [0.5, 0.6) is 0 Å². The minimum absolute atomic E-state index is 0.0668. The number of carboxylic acids is 1. The van der Waals surface area contributed by atoms with Gasteiger partial charge in [-0.25, -0.2) is 4.79 Å². The van der Waals surface area contributed by atoms with Gasteiger partial charge in [-0.1, -0.05) is 42.5 Å². The maximum Gasteiger partial charge on any atom is 0.314 e. The largest absolute Gasteiger partial charge is 0.481 e. The number of hydrogen-bond acceptors (Lipinski definition) is 2. The van der Waals surface area contributed by atoms with Crippen molar-refractivity contribution in [1.82, 2.24) is 10.6 Å². The van der Waals surface area contributed by atoms with E-state index < -0.39 is 5.97 Å². The molecule has 0 saturated heterocycles.